The summed E-state index contributed by atoms with van der Waals surface area (Å²) < 4.78 is 11.2. The van der Waals surface area contributed by atoms with Crippen molar-refractivity contribution < 1.29 is 9.47 Å². The molecular weight excluding hydrogens is 250 g/mol. The molecule has 0 saturated carbocycles. The Morgan fingerprint density at radius 3 is 2.72 bits per heavy atom. The first-order chi connectivity index (χ1) is 8.83. The zero-order chi connectivity index (χ0) is 12.8. The summed E-state index contributed by atoms with van der Waals surface area (Å²) in [6.45, 7) is 3.22. The Hall–Kier alpha value is -1.66. The quantitative estimate of drug-likeness (QED) is 0.869. The van der Waals surface area contributed by atoms with Crippen molar-refractivity contribution in [1.29, 1.82) is 0 Å². The van der Waals surface area contributed by atoms with Crippen LogP contribution in [0, 0.1) is 0 Å². The second kappa shape index (κ2) is 6.32. The summed E-state index contributed by atoms with van der Waals surface area (Å²) in [6, 6.07) is 7.52. The van der Waals surface area contributed by atoms with E-state index in [0.29, 0.717) is 29.8 Å². The number of hydrogen-bond acceptors (Lipinski definition) is 6. The highest BCUT2D eigenvalue weighted by molar-refractivity contribution is 7.13. The van der Waals surface area contributed by atoms with Crippen molar-refractivity contribution in [3.8, 4) is 16.7 Å². The summed E-state index contributed by atoms with van der Waals surface area (Å²) in [5.74, 6) is 1.37. The first-order valence-corrected chi connectivity index (χ1v) is 6.51. The molecule has 1 aromatic heterocycles. The number of benzene rings is 1. The van der Waals surface area contributed by atoms with Gasteiger partial charge in [0, 0.05) is 6.54 Å². The van der Waals surface area contributed by atoms with Gasteiger partial charge in [-0.15, -0.1) is 5.10 Å². The monoisotopic (exact) mass is 265 g/mol. The van der Waals surface area contributed by atoms with E-state index in [1.165, 1.54) is 11.3 Å². The van der Waals surface area contributed by atoms with Crippen molar-refractivity contribution in [2.75, 3.05) is 13.7 Å². The predicted octanol–water partition coefficient (Wildman–Crippen LogP) is 2.45. The van der Waals surface area contributed by atoms with Gasteiger partial charge in [0.2, 0.25) is 0 Å². The molecule has 0 spiro atoms. The van der Waals surface area contributed by atoms with Crippen molar-refractivity contribution >= 4 is 11.3 Å². The molecule has 0 bridgehead atoms. The van der Waals surface area contributed by atoms with Crippen LogP contribution in [-0.2, 0) is 6.54 Å². The van der Waals surface area contributed by atoms with Crippen LogP contribution in [0.25, 0.3) is 0 Å². The first-order valence-electron chi connectivity index (χ1n) is 5.70. The molecule has 0 aliphatic rings. The molecule has 6 heteroatoms. The second-order valence-corrected chi connectivity index (χ2v) is 4.50. The van der Waals surface area contributed by atoms with Gasteiger partial charge in [-0.05, 0) is 26.1 Å². The van der Waals surface area contributed by atoms with Gasteiger partial charge in [0.1, 0.15) is 5.01 Å². The molecule has 0 aliphatic heterocycles. The minimum Gasteiger partial charge on any atom is -0.490 e. The average Bonchev–Trinajstić information content (AvgIpc) is 2.80. The number of para-hydroxylation sites is 2. The molecule has 0 radical (unpaired) electrons. The highest BCUT2D eigenvalue weighted by atomic mass is 32.1. The molecule has 0 atom stereocenters. The Kier molecular flexibility index (Phi) is 4.49. The molecule has 2 aromatic rings. The lowest BCUT2D eigenvalue weighted by atomic mass is 10.3. The molecule has 5 nitrogen and oxygen atoms in total. The molecular formula is C12H15N3O2S. The fourth-order valence-electron chi connectivity index (χ4n) is 1.41. The van der Waals surface area contributed by atoms with Crippen LogP contribution in [0.5, 0.6) is 16.7 Å². The Labute approximate surface area is 110 Å². The maximum absolute atomic E-state index is 5.68. The van der Waals surface area contributed by atoms with Gasteiger partial charge in [-0.25, -0.2) is 0 Å². The van der Waals surface area contributed by atoms with Crippen LogP contribution in [0.3, 0.4) is 0 Å². The SMILES string of the molecule is CCOc1ccccc1Oc1nnc(CNC)s1. The second-order valence-electron chi connectivity index (χ2n) is 3.47. The molecule has 0 saturated heterocycles. The Morgan fingerprint density at radius 2 is 2.00 bits per heavy atom. The van der Waals surface area contributed by atoms with Crippen LogP contribution in [0.4, 0.5) is 0 Å². The van der Waals surface area contributed by atoms with E-state index in [9.17, 15) is 0 Å². The van der Waals surface area contributed by atoms with E-state index in [1.807, 2.05) is 38.2 Å². The largest absolute Gasteiger partial charge is 0.490 e. The van der Waals surface area contributed by atoms with Crippen molar-refractivity contribution in [2.24, 2.45) is 0 Å². The minimum atomic E-state index is 0.521. The maximum atomic E-state index is 5.68. The summed E-state index contributed by atoms with van der Waals surface area (Å²) >= 11 is 1.42. The lowest BCUT2D eigenvalue weighted by Crippen LogP contribution is -2.04. The van der Waals surface area contributed by atoms with Crippen LogP contribution in [0.1, 0.15) is 11.9 Å². The third-order valence-electron chi connectivity index (χ3n) is 2.12. The number of ether oxygens (including phenoxy) is 2. The fraction of sp³-hybridized carbons (Fsp3) is 0.333. The van der Waals surface area contributed by atoms with Gasteiger partial charge in [0.25, 0.3) is 5.19 Å². The highest BCUT2D eigenvalue weighted by Crippen LogP contribution is 2.32. The van der Waals surface area contributed by atoms with Gasteiger partial charge >= 0.3 is 0 Å². The lowest BCUT2D eigenvalue weighted by molar-refractivity contribution is 0.320. The number of hydrogen-bond donors (Lipinski definition) is 1. The molecule has 96 valence electrons. The van der Waals surface area contributed by atoms with E-state index in [-0.39, 0.29) is 0 Å². The van der Waals surface area contributed by atoms with Gasteiger partial charge in [0.05, 0.1) is 6.61 Å². The number of aromatic nitrogens is 2. The molecule has 1 N–H and O–H groups in total. The van der Waals surface area contributed by atoms with E-state index < -0.39 is 0 Å². The third kappa shape index (κ3) is 3.18. The molecule has 0 amide bonds. The lowest BCUT2D eigenvalue weighted by Gasteiger charge is -2.08. The molecule has 18 heavy (non-hydrogen) atoms. The number of nitrogens with one attached hydrogen (secondary N) is 1. The van der Waals surface area contributed by atoms with E-state index in [2.05, 4.69) is 15.5 Å². The van der Waals surface area contributed by atoms with E-state index in [1.54, 1.807) is 0 Å². The van der Waals surface area contributed by atoms with Crippen molar-refractivity contribution in [1.82, 2.24) is 15.5 Å². The van der Waals surface area contributed by atoms with Gasteiger partial charge in [-0.2, -0.15) is 0 Å². The van der Waals surface area contributed by atoms with E-state index in [0.717, 1.165) is 5.01 Å². The fourth-order valence-corrected chi connectivity index (χ4v) is 2.12. The molecule has 2 rings (SSSR count). The predicted molar refractivity (Wildman–Crippen MR) is 70.4 cm³/mol. The van der Waals surface area contributed by atoms with Crippen LogP contribution >= 0.6 is 11.3 Å². The van der Waals surface area contributed by atoms with Crippen LogP contribution in [-0.4, -0.2) is 23.9 Å². The van der Waals surface area contributed by atoms with Gasteiger partial charge in [-0.3, -0.25) is 0 Å². The summed E-state index contributed by atoms with van der Waals surface area (Å²) in [5.41, 5.74) is 0. The van der Waals surface area contributed by atoms with E-state index in [4.69, 9.17) is 9.47 Å². The number of nitrogens with zero attached hydrogens (tertiary/aromatic N) is 2. The zero-order valence-electron chi connectivity index (χ0n) is 10.3. The van der Waals surface area contributed by atoms with Crippen molar-refractivity contribution in [3.63, 3.8) is 0 Å². The first kappa shape index (κ1) is 12.8. The molecule has 0 unspecified atom stereocenters. The maximum Gasteiger partial charge on any atom is 0.299 e. The molecule has 0 fully saturated rings. The Balaban J connectivity index is 2.12. The van der Waals surface area contributed by atoms with Crippen molar-refractivity contribution in [2.45, 2.75) is 13.5 Å². The average molecular weight is 265 g/mol. The van der Waals surface area contributed by atoms with E-state index >= 15 is 0 Å². The third-order valence-corrected chi connectivity index (χ3v) is 2.92. The molecule has 1 heterocycles. The van der Waals surface area contributed by atoms with Crippen LogP contribution in [0.15, 0.2) is 24.3 Å². The summed E-state index contributed by atoms with van der Waals surface area (Å²) in [4.78, 5) is 0. The van der Waals surface area contributed by atoms with Gasteiger partial charge < -0.3 is 14.8 Å². The standard InChI is InChI=1S/C12H15N3O2S/c1-3-16-9-6-4-5-7-10(9)17-12-15-14-11(18-12)8-13-2/h4-7,13H,3,8H2,1-2H3. The molecule has 0 aliphatic carbocycles. The highest BCUT2D eigenvalue weighted by Gasteiger charge is 2.09. The van der Waals surface area contributed by atoms with Gasteiger partial charge in [-0.1, -0.05) is 28.6 Å². The van der Waals surface area contributed by atoms with Crippen LogP contribution in [0.2, 0.25) is 0 Å². The van der Waals surface area contributed by atoms with Crippen molar-refractivity contribution in [3.05, 3.63) is 29.3 Å². The summed E-state index contributed by atoms with van der Waals surface area (Å²) in [7, 11) is 1.87. The smallest absolute Gasteiger partial charge is 0.299 e. The summed E-state index contributed by atoms with van der Waals surface area (Å²) in [6.07, 6.45) is 0. The number of rotatable bonds is 6. The normalized spacial score (nSPS) is 10.3. The molecule has 1 aromatic carbocycles. The Bertz CT molecular complexity index is 502. The summed E-state index contributed by atoms with van der Waals surface area (Å²) in [5, 5.41) is 12.4. The zero-order valence-corrected chi connectivity index (χ0v) is 11.2. The van der Waals surface area contributed by atoms with Crippen LogP contribution < -0.4 is 14.8 Å². The van der Waals surface area contributed by atoms with Gasteiger partial charge in [0.15, 0.2) is 11.5 Å². The topological polar surface area (TPSA) is 56.3 Å². The Morgan fingerprint density at radius 1 is 1.22 bits per heavy atom. The minimum absolute atomic E-state index is 0.521.